The Bertz CT molecular complexity index is 532. The lowest BCUT2D eigenvalue weighted by Crippen LogP contribution is -2.02. The summed E-state index contributed by atoms with van der Waals surface area (Å²) < 4.78 is 27.1. The molecule has 0 saturated heterocycles. The summed E-state index contributed by atoms with van der Waals surface area (Å²) in [7, 11) is 0. The van der Waals surface area contributed by atoms with E-state index in [4.69, 9.17) is 11.6 Å². The minimum absolute atomic E-state index is 0.0424. The molecule has 0 amide bonds. The second kappa shape index (κ2) is 5.49. The highest BCUT2D eigenvalue weighted by molar-refractivity contribution is 6.21. The molecule has 0 fully saturated rings. The summed E-state index contributed by atoms with van der Waals surface area (Å²) in [5.41, 5.74) is 1.97. The van der Waals surface area contributed by atoms with Crippen molar-refractivity contribution in [1.82, 2.24) is 0 Å². The van der Waals surface area contributed by atoms with Crippen LogP contribution in [0.3, 0.4) is 0 Å². The molecule has 2 aromatic rings. The third-order valence-electron chi connectivity index (χ3n) is 2.97. The number of aryl methyl sites for hydroxylation is 1. The maximum atomic E-state index is 13.5. The first kappa shape index (κ1) is 13.0. The van der Waals surface area contributed by atoms with Crippen LogP contribution >= 0.6 is 11.6 Å². The van der Waals surface area contributed by atoms with Crippen LogP contribution < -0.4 is 0 Å². The van der Waals surface area contributed by atoms with Crippen LogP contribution in [0.15, 0.2) is 42.5 Å². The van der Waals surface area contributed by atoms with Gasteiger partial charge >= 0.3 is 0 Å². The number of rotatable bonds is 3. The number of hydrogen-bond acceptors (Lipinski definition) is 0. The normalized spacial score (nSPS) is 12.4. The van der Waals surface area contributed by atoms with Crippen molar-refractivity contribution in [2.24, 2.45) is 0 Å². The molecule has 0 spiro atoms. The third kappa shape index (κ3) is 2.70. The van der Waals surface area contributed by atoms with Gasteiger partial charge in [0.2, 0.25) is 0 Å². The van der Waals surface area contributed by atoms with E-state index in [9.17, 15) is 8.78 Å². The number of halogens is 3. The summed E-state index contributed by atoms with van der Waals surface area (Å²) >= 11 is 6.26. The predicted octanol–water partition coefficient (Wildman–Crippen LogP) is 4.80. The summed E-state index contributed by atoms with van der Waals surface area (Å²) in [6.07, 6.45) is 0.144. The van der Waals surface area contributed by atoms with Gasteiger partial charge in [0.25, 0.3) is 0 Å². The van der Waals surface area contributed by atoms with Crippen LogP contribution in [0.1, 0.15) is 22.1 Å². The molecule has 0 aromatic heterocycles. The lowest BCUT2D eigenvalue weighted by molar-refractivity contribution is 0.553. The standard InChI is InChI=1S/C15H13ClF2/c1-10-5-2-3-6-11(10)13(16)9-12-14(17)7-4-8-15(12)18/h2-8,13H,9H2,1H3. The summed E-state index contributed by atoms with van der Waals surface area (Å²) in [5.74, 6) is -1.09. The molecule has 0 bridgehead atoms. The summed E-state index contributed by atoms with van der Waals surface area (Å²) in [4.78, 5) is 0. The van der Waals surface area contributed by atoms with Gasteiger partial charge in [-0.3, -0.25) is 0 Å². The van der Waals surface area contributed by atoms with Crippen molar-refractivity contribution in [2.45, 2.75) is 18.7 Å². The molecule has 0 nitrogen and oxygen atoms in total. The molecule has 94 valence electrons. The molecule has 0 aliphatic carbocycles. The van der Waals surface area contributed by atoms with Crippen molar-refractivity contribution >= 4 is 11.6 Å². The zero-order valence-electron chi connectivity index (χ0n) is 9.96. The topological polar surface area (TPSA) is 0 Å². The van der Waals surface area contributed by atoms with Crippen molar-refractivity contribution in [1.29, 1.82) is 0 Å². The monoisotopic (exact) mass is 266 g/mol. The van der Waals surface area contributed by atoms with Crippen molar-refractivity contribution in [2.75, 3.05) is 0 Å². The van der Waals surface area contributed by atoms with Gasteiger partial charge in [0, 0.05) is 5.56 Å². The van der Waals surface area contributed by atoms with E-state index < -0.39 is 17.0 Å². The average Bonchev–Trinajstić information content (AvgIpc) is 2.34. The number of alkyl halides is 1. The van der Waals surface area contributed by atoms with Gasteiger partial charge in [-0.15, -0.1) is 11.6 Å². The highest BCUT2D eigenvalue weighted by atomic mass is 35.5. The SMILES string of the molecule is Cc1ccccc1C(Cl)Cc1c(F)cccc1F. The summed E-state index contributed by atoms with van der Waals surface area (Å²) in [5, 5.41) is -0.433. The van der Waals surface area contributed by atoms with Crippen molar-refractivity contribution < 1.29 is 8.78 Å². The number of hydrogen-bond donors (Lipinski definition) is 0. The Kier molecular flexibility index (Phi) is 3.97. The van der Waals surface area contributed by atoms with Gasteiger partial charge < -0.3 is 0 Å². The minimum Gasteiger partial charge on any atom is -0.207 e. The van der Waals surface area contributed by atoms with Crippen molar-refractivity contribution in [3.05, 3.63) is 70.8 Å². The molecule has 0 heterocycles. The zero-order chi connectivity index (χ0) is 13.1. The summed E-state index contributed by atoms with van der Waals surface area (Å²) in [6.45, 7) is 1.93. The predicted molar refractivity (Wildman–Crippen MR) is 69.8 cm³/mol. The largest absolute Gasteiger partial charge is 0.207 e. The van der Waals surface area contributed by atoms with Gasteiger partial charge in [-0.2, -0.15) is 0 Å². The molecular formula is C15H13ClF2. The maximum absolute atomic E-state index is 13.5. The molecule has 2 aromatic carbocycles. The van der Waals surface area contributed by atoms with E-state index in [-0.39, 0.29) is 12.0 Å². The second-order valence-corrected chi connectivity index (χ2v) is 4.76. The van der Waals surface area contributed by atoms with E-state index in [1.165, 1.54) is 18.2 Å². The van der Waals surface area contributed by atoms with E-state index in [0.29, 0.717) is 0 Å². The number of benzene rings is 2. The molecule has 0 saturated carbocycles. The van der Waals surface area contributed by atoms with Crippen molar-refractivity contribution in [3.8, 4) is 0 Å². The van der Waals surface area contributed by atoms with Gasteiger partial charge in [0.15, 0.2) is 0 Å². The molecule has 2 rings (SSSR count). The molecular weight excluding hydrogens is 254 g/mol. The molecule has 18 heavy (non-hydrogen) atoms. The quantitative estimate of drug-likeness (QED) is 0.701. The van der Waals surface area contributed by atoms with Crippen LogP contribution in [0, 0.1) is 18.6 Å². The zero-order valence-corrected chi connectivity index (χ0v) is 10.7. The molecule has 0 aliphatic rings. The van der Waals surface area contributed by atoms with Crippen LogP contribution in [0.25, 0.3) is 0 Å². The van der Waals surface area contributed by atoms with Gasteiger partial charge in [0.05, 0.1) is 5.38 Å². The first-order chi connectivity index (χ1) is 8.59. The van der Waals surface area contributed by atoms with Crippen LogP contribution in [0.5, 0.6) is 0 Å². The van der Waals surface area contributed by atoms with Gasteiger partial charge in [0.1, 0.15) is 11.6 Å². The van der Waals surface area contributed by atoms with E-state index in [1.807, 2.05) is 31.2 Å². The molecule has 0 aliphatic heterocycles. The Morgan fingerprint density at radius 2 is 1.61 bits per heavy atom. The first-order valence-corrected chi connectivity index (χ1v) is 6.15. The van der Waals surface area contributed by atoms with Crippen LogP contribution in [-0.4, -0.2) is 0 Å². The Labute approximate surface area is 110 Å². The smallest absolute Gasteiger partial charge is 0.129 e. The lowest BCUT2D eigenvalue weighted by atomic mass is 9.99. The lowest BCUT2D eigenvalue weighted by Gasteiger charge is -2.13. The molecule has 3 heteroatoms. The van der Waals surface area contributed by atoms with Gasteiger partial charge in [-0.05, 0) is 36.6 Å². The average molecular weight is 267 g/mol. The molecule has 1 unspecified atom stereocenters. The minimum atomic E-state index is -0.547. The van der Waals surface area contributed by atoms with E-state index >= 15 is 0 Å². The van der Waals surface area contributed by atoms with Gasteiger partial charge in [-0.1, -0.05) is 30.3 Å². The van der Waals surface area contributed by atoms with Crippen molar-refractivity contribution in [3.63, 3.8) is 0 Å². The van der Waals surface area contributed by atoms with Crippen LogP contribution in [-0.2, 0) is 6.42 Å². The molecule has 0 radical (unpaired) electrons. The Balaban J connectivity index is 2.27. The van der Waals surface area contributed by atoms with E-state index in [0.717, 1.165) is 11.1 Å². The van der Waals surface area contributed by atoms with Crippen LogP contribution in [0.2, 0.25) is 0 Å². The highest BCUT2D eigenvalue weighted by Crippen LogP contribution is 2.29. The molecule has 0 N–H and O–H groups in total. The fourth-order valence-corrected chi connectivity index (χ4v) is 2.35. The Morgan fingerprint density at radius 3 is 2.22 bits per heavy atom. The fraction of sp³-hybridized carbons (Fsp3) is 0.200. The van der Waals surface area contributed by atoms with Gasteiger partial charge in [-0.25, -0.2) is 8.78 Å². The Morgan fingerprint density at radius 1 is 1.00 bits per heavy atom. The first-order valence-electron chi connectivity index (χ1n) is 5.72. The molecule has 1 atom stereocenters. The van der Waals surface area contributed by atoms with E-state index in [2.05, 4.69) is 0 Å². The fourth-order valence-electron chi connectivity index (χ4n) is 1.95. The third-order valence-corrected chi connectivity index (χ3v) is 3.36. The second-order valence-electron chi connectivity index (χ2n) is 4.23. The Hall–Kier alpha value is -1.41. The summed E-state index contributed by atoms with van der Waals surface area (Å²) in [6, 6.07) is 11.4. The van der Waals surface area contributed by atoms with Crippen LogP contribution in [0.4, 0.5) is 8.78 Å². The highest BCUT2D eigenvalue weighted by Gasteiger charge is 2.16. The van der Waals surface area contributed by atoms with E-state index in [1.54, 1.807) is 0 Å². The maximum Gasteiger partial charge on any atom is 0.129 e.